The van der Waals surface area contributed by atoms with Crippen LogP contribution >= 0.6 is 0 Å². The predicted molar refractivity (Wildman–Crippen MR) is 44.5 cm³/mol. The lowest BCUT2D eigenvalue weighted by Crippen LogP contribution is -2.55. The largest absolute Gasteiger partial charge is 0.388 e. The molecule has 0 aromatic carbocycles. The standard InChI is InChI=1S/C9H15NO2/c11-8-5-7-3-1-2-4-9(7,12)6-10-8/h7,12H,1-6H2,(H,10,11)/t7-,9-/m0/s1. The molecule has 2 atom stereocenters. The average Bonchev–Trinajstić information content (AvgIpc) is 2.06. The Labute approximate surface area is 72.2 Å². The van der Waals surface area contributed by atoms with E-state index in [0.29, 0.717) is 13.0 Å². The molecule has 0 spiro atoms. The molecule has 0 aromatic rings. The molecule has 0 radical (unpaired) electrons. The Balaban J connectivity index is 2.11. The van der Waals surface area contributed by atoms with Crippen molar-refractivity contribution in [3.05, 3.63) is 0 Å². The number of carbonyl (C=O) groups is 1. The van der Waals surface area contributed by atoms with E-state index < -0.39 is 5.60 Å². The molecule has 1 saturated heterocycles. The second-order valence-electron chi connectivity index (χ2n) is 4.03. The van der Waals surface area contributed by atoms with Crippen LogP contribution in [0.5, 0.6) is 0 Å². The molecule has 1 amide bonds. The van der Waals surface area contributed by atoms with Gasteiger partial charge in [0.15, 0.2) is 0 Å². The summed E-state index contributed by atoms with van der Waals surface area (Å²) in [5.74, 6) is 0.326. The van der Waals surface area contributed by atoms with Gasteiger partial charge >= 0.3 is 0 Å². The summed E-state index contributed by atoms with van der Waals surface area (Å²) < 4.78 is 0. The molecule has 2 aliphatic rings. The molecule has 0 bridgehead atoms. The third kappa shape index (κ3) is 1.22. The number of piperidine rings is 1. The number of fused-ring (bicyclic) bond motifs is 1. The molecule has 3 heteroatoms. The number of carbonyl (C=O) groups excluding carboxylic acids is 1. The number of β-amino-alcohol motifs (C(OH)–C–C–N with tert-alkyl or cyclic N) is 1. The minimum atomic E-state index is -0.577. The second-order valence-corrected chi connectivity index (χ2v) is 4.03. The van der Waals surface area contributed by atoms with Crippen molar-refractivity contribution in [3.8, 4) is 0 Å². The summed E-state index contributed by atoms with van der Waals surface area (Å²) in [5, 5.41) is 12.8. The molecule has 0 unspecified atom stereocenters. The summed E-state index contributed by atoms with van der Waals surface area (Å²) in [5.41, 5.74) is -0.577. The zero-order chi connectivity index (χ0) is 8.60. The molecular weight excluding hydrogens is 154 g/mol. The van der Waals surface area contributed by atoms with Crippen LogP contribution in [0.4, 0.5) is 0 Å². The fourth-order valence-electron chi connectivity index (χ4n) is 2.37. The van der Waals surface area contributed by atoms with Gasteiger partial charge in [-0.2, -0.15) is 0 Å². The van der Waals surface area contributed by atoms with Crippen LogP contribution in [0.15, 0.2) is 0 Å². The fraction of sp³-hybridized carbons (Fsp3) is 0.889. The first-order chi connectivity index (χ1) is 5.71. The quantitative estimate of drug-likeness (QED) is 0.552. The summed E-state index contributed by atoms with van der Waals surface area (Å²) in [6.07, 6.45) is 4.67. The van der Waals surface area contributed by atoms with Gasteiger partial charge in [0.25, 0.3) is 0 Å². The topological polar surface area (TPSA) is 49.3 Å². The van der Waals surface area contributed by atoms with Gasteiger partial charge in [-0.3, -0.25) is 4.79 Å². The molecule has 68 valence electrons. The lowest BCUT2D eigenvalue weighted by Gasteiger charge is -2.43. The number of rotatable bonds is 0. The molecule has 1 heterocycles. The maximum absolute atomic E-state index is 11.0. The lowest BCUT2D eigenvalue weighted by atomic mass is 9.72. The van der Waals surface area contributed by atoms with E-state index >= 15 is 0 Å². The van der Waals surface area contributed by atoms with E-state index in [1.807, 2.05) is 0 Å². The van der Waals surface area contributed by atoms with E-state index in [1.54, 1.807) is 0 Å². The Morgan fingerprint density at radius 2 is 2.33 bits per heavy atom. The van der Waals surface area contributed by atoms with Gasteiger partial charge in [-0.05, 0) is 18.8 Å². The maximum atomic E-state index is 11.0. The van der Waals surface area contributed by atoms with Gasteiger partial charge in [0.05, 0.1) is 5.60 Å². The van der Waals surface area contributed by atoms with Crippen LogP contribution in [-0.2, 0) is 4.79 Å². The van der Waals surface area contributed by atoms with Crippen molar-refractivity contribution in [3.63, 3.8) is 0 Å². The molecule has 3 nitrogen and oxygen atoms in total. The Kier molecular flexibility index (Phi) is 1.83. The Bertz CT molecular complexity index is 205. The van der Waals surface area contributed by atoms with Crippen molar-refractivity contribution in [1.29, 1.82) is 0 Å². The second kappa shape index (κ2) is 2.73. The van der Waals surface area contributed by atoms with Gasteiger partial charge in [-0.25, -0.2) is 0 Å². The number of aliphatic hydroxyl groups is 1. The Morgan fingerprint density at radius 3 is 3.17 bits per heavy atom. The van der Waals surface area contributed by atoms with Gasteiger partial charge < -0.3 is 10.4 Å². The smallest absolute Gasteiger partial charge is 0.220 e. The van der Waals surface area contributed by atoms with Crippen LogP contribution in [0.3, 0.4) is 0 Å². The summed E-state index contributed by atoms with van der Waals surface area (Å²) >= 11 is 0. The number of hydrogen-bond donors (Lipinski definition) is 2. The highest BCUT2D eigenvalue weighted by Gasteiger charge is 2.42. The van der Waals surface area contributed by atoms with Crippen LogP contribution in [0.1, 0.15) is 32.1 Å². The van der Waals surface area contributed by atoms with Gasteiger partial charge in [0.1, 0.15) is 0 Å². The summed E-state index contributed by atoms with van der Waals surface area (Å²) in [4.78, 5) is 11.0. The molecule has 1 aliphatic heterocycles. The minimum Gasteiger partial charge on any atom is -0.388 e. The summed E-state index contributed by atoms with van der Waals surface area (Å²) in [6, 6.07) is 0. The van der Waals surface area contributed by atoms with Gasteiger partial charge in [-0.15, -0.1) is 0 Å². The van der Waals surface area contributed by atoms with Crippen LogP contribution < -0.4 is 5.32 Å². The third-order valence-corrected chi connectivity index (χ3v) is 3.20. The number of nitrogens with one attached hydrogen (secondary N) is 1. The molecular formula is C9H15NO2. The molecule has 2 N–H and O–H groups in total. The van der Waals surface area contributed by atoms with Crippen molar-refractivity contribution in [1.82, 2.24) is 5.32 Å². The first-order valence-electron chi connectivity index (χ1n) is 4.70. The summed E-state index contributed by atoms with van der Waals surface area (Å²) in [7, 11) is 0. The van der Waals surface area contributed by atoms with E-state index in [0.717, 1.165) is 19.3 Å². The Morgan fingerprint density at radius 1 is 1.50 bits per heavy atom. The average molecular weight is 169 g/mol. The molecule has 1 aliphatic carbocycles. The van der Waals surface area contributed by atoms with Crippen LogP contribution in [-0.4, -0.2) is 23.2 Å². The highest BCUT2D eigenvalue weighted by molar-refractivity contribution is 5.77. The highest BCUT2D eigenvalue weighted by atomic mass is 16.3. The van der Waals surface area contributed by atoms with Gasteiger partial charge in [-0.1, -0.05) is 12.8 Å². The maximum Gasteiger partial charge on any atom is 0.220 e. The normalized spacial score (nSPS) is 41.8. The first-order valence-corrected chi connectivity index (χ1v) is 4.70. The number of amides is 1. The lowest BCUT2D eigenvalue weighted by molar-refractivity contribution is -0.135. The van der Waals surface area contributed by atoms with E-state index in [4.69, 9.17) is 0 Å². The van der Waals surface area contributed by atoms with E-state index in [2.05, 4.69) is 5.32 Å². The van der Waals surface area contributed by atoms with Crippen molar-refractivity contribution in [2.24, 2.45) is 5.92 Å². The molecule has 12 heavy (non-hydrogen) atoms. The van der Waals surface area contributed by atoms with Crippen molar-refractivity contribution in [2.45, 2.75) is 37.7 Å². The molecule has 1 saturated carbocycles. The van der Waals surface area contributed by atoms with Crippen LogP contribution in [0.2, 0.25) is 0 Å². The zero-order valence-electron chi connectivity index (χ0n) is 7.18. The zero-order valence-corrected chi connectivity index (χ0v) is 7.18. The van der Waals surface area contributed by atoms with Crippen LogP contribution in [0, 0.1) is 5.92 Å². The fourth-order valence-corrected chi connectivity index (χ4v) is 2.37. The van der Waals surface area contributed by atoms with Gasteiger partial charge in [0.2, 0.25) is 5.91 Å². The number of hydrogen-bond acceptors (Lipinski definition) is 2. The highest BCUT2D eigenvalue weighted by Crippen LogP contribution is 2.37. The van der Waals surface area contributed by atoms with Crippen molar-refractivity contribution >= 4 is 5.91 Å². The minimum absolute atomic E-state index is 0.103. The van der Waals surface area contributed by atoms with E-state index in [1.165, 1.54) is 6.42 Å². The van der Waals surface area contributed by atoms with Crippen molar-refractivity contribution in [2.75, 3.05) is 6.54 Å². The Hall–Kier alpha value is -0.570. The first kappa shape index (κ1) is 8.05. The SMILES string of the molecule is O=C1C[C@@H]2CCCC[C@]2(O)CN1. The van der Waals surface area contributed by atoms with Crippen LogP contribution in [0.25, 0.3) is 0 Å². The molecule has 2 rings (SSSR count). The van der Waals surface area contributed by atoms with Gasteiger partial charge in [0, 0.05) is 13.0 Å². The van der Waals surface area contributed by atoms with Crippen molar-refractivity contribution < 1.29 is 9.90 Å². The molecule has 2 fully saturated rings. The third-order valence-electron chi connectivity index (χ3n) is 3.20. The summed E-state index contributed by atoms with van der Waals surface area (Å²) in [6.45, 7) is 0.469. The molecule has 0 aromatic heterocycles. The van der Waals surface area contributed by atoms with E-state index in [9.17, 15) is 9.90 Å². The van der Waals surface area contributed by atoms with E-state index in [-0.39, 0.29) is 11.8 Å². The predicted octanol–water partition coefficient (Wildman–Crippen LogP) is 0.428. The monoisotopic (exact) mass is 169 g/mol.